The first-order valence-corrected chi connectivity index (χ1v) is 8.30. The highest BCUT2D eigenvalue weighted by Crippen LogP contribution is 2.31. The van der Waals surface area contributed by atoms with Gasteiger partial charge in [0.25, 0.3) is 0 Å². The number of amides is 1. The molecule has 0 radical (unpaired) electrons. The fourth-order valence-corrected chi connectivity index (χ4v) is 3.39. The summed E-state index contributed by atoms with van der Waals surface area (Å²) >= 11 is 0. The van der Waals surface area contributed by atoms with E-state index in [-0.39, 0.29) is 23.7 Å². The number of hydrogen-bond acceptors (Lipinski definition) is 3. The van der Waals surface area contributed by atoms with Crippen molar-refractivity contribution in [1.29, 1.82) is 0 Å². The third-order valence-electron chi connectivity index (χ3n) is 4.92. The molecule has 0 aromatic heterocycles. The maximum absolute atomic E-state index is 13.1. The van der Waals surface area contributed by atoms with Gasteiger partial charge >= 0.3 is 0 Å². The van der Waals surface area contributed by atoms with Gasteiger partial charge in [-0.25, -0.2) is 4.39 Å². The first kappa shape index (κ1) is 17.9. The van der Waals surface area contributed by atoms with Gasteiger partial charge in [-0.15, -0.1) is 0 Å². The van der Waals surface area contributed by atoms with Crippen molar-refractivity contribution in [3.8, 4) is 0 Å². The minimum absolute atomic E-state index is 0.00664. The van der Waals surface area contributed by atoms with Crippen LogP contribution in [-0.4, -0.2) is 37.0 Å². The van der Waals surface area contributed by atoms with Crippen molar-refractivity contribution in [2.45, 2.75) is 44.2 Å². The van der Waals surface area contributed by atoms with E-state index in [0.29, 0.717) is 6.54 Å². The fourth-order valence-electron chi connectivity index (χ4n) is 3.39. The molecule has 2 rings (SSSR count). The van der Waals surface area contributed by atoms with Crippen LogP contribution in [-0.2, 0) is 4.79 Å². The van der Waals surface area contributed by atoms with E-state index < -0.39 is 5.54 Å². The summed E-state index contributed by atoms with van der Waals surface area (Å²) in [4.78, 5) is 14.6. The third kappa shape index (κ3) is 4.52. The molecule has 5 heteroatoms. The van der Waals surface area contributed by atoms with E-state index in [1.165, 1.54) is 12.1 Å². The summed E-state index contributed by atoms with van der Waals surface area (Å²) in [6.07, 6.45) is 3.88. The first-order valence-electron chi connectivity index (χ1n) is 8.30. The first-order chi connectivity index (χ1) is 10.8. The average Bonchev–Trinajstić information content (AvgIpc) is 2.48. The Kier molecular flexibility index (Phi) is 5.76. The Labute approximate surface area is 138 Å². The van der Waals surface area contributed by atoms with Gasteiger partial charge in [0.2, 0.25) is 5.91 Å². The molecule has 0 saturated heterocycles. The Morgan fingerprint density at radius 1 is 1.39 bits per heavy atom. The fraction of sp³-hybridized carbons (Fsp3) is 0.611. The van der Waals surface area contributed by atoms with E-state index in [9.17, 15) is 9.18 Å². The molecule has 0 aliphatic heterocycles. The van der Waals surface area contributed by atoms with Crippen LogP contribution in [0, 0.1) is 11.7 Å². The minimum atomic E-state index is -0.425. The SMILES string of the molecule is CN(C)C(CNC(=O)C1CCCCC1(C)N)c1ccc(F)cc1. The number of carbonyl (C=O) groups is 1. The topological polar surface area (TPSA) is 58.4 Å². The van der Waals surface area contributed by atoms with Crippen molar-refractivity contribution in [2.75, 3.05) is 20.6 Å². The number of likely N-dealkylation sites (N-methyl/N-ethyl adjacent to an activating group) is 1. The molecule has 1 saturated carbocycles. The standard InChI is InChI=1S/C18H28FN3O/c1-18(20)11-5-4-6-15(18)17(23)21-12-16(22(2)3)13-7-9-14(19)10-8-13/h7-10,15-16H,4-6,11-12,20H2,1-3H3,(H,21,23). The smallest absolute Gasteiger partial charge is 0.225 e. The molecule has 128 valence electrons. The van der Waals surface area contributed by atoms with E-state index in [0.717, 1.165) is 31.2 Å². The van der Waals surface area contributed by atoms with E-state index >= 15 is 0 Å². The van der Waals surface area contributed by atoms with Crippen LogP contribution in [0.2, 0.25) is 0 Å². The lowest BCUT2D eigenvalue weighted by Crippen LogP contribution is -2.53. The summed E-state index contributed by atoms with van der Waals surface area (Å²) in [6.45, 7) is 2.46. The Morgan fingerprint density at radius 3 is 2.61 bits per heavy atom. The van der Waals surface area contributed by atoms with Crippen LogP contribution in [0.25, 0.3) is 0 Å². The number of hydrogen-bond donors (Lipinski definition) is 2. The predicted molar refractivity (Wildman–Crippen MR) is 90.4 cm³/mol. The quantitative estimate of drug-likeness (QED) is 0.876. The van der Waals surface area contributed by atoms with Crippen molar-refractivity contribution < 1.29 is 9.18 Å². The molecule has 1 aromatic carbocycles. The molecule has 1 fully saturated rings. The van der Waals surface area contributed by atoms with Gasteiger partial charge in [0.1, 0.15) is 5.82 Å². The molecule has 1 aliphatic rings. The Balaban J connectivity index is 2.01. The van der Waals surface area contributed by atoms with Crippen LogP contribution in [0.5, 0.6) is 0 Å². The van der Waals surface area contributed by atoms with E-state index in [2.05, 4.69) is 5.32 Å². The number of carbonyl (C=O) groups excluding carboxylic acids is 1. The van der Waals surface area contributed by atoms with Crippen molar-refractivity contribution >= 4 is 5.91 Å². The second-order valence-electron chi connectivity index (χ2n) is 7.08. The zero-order valence-electron chi connectivity index (χ0n) is 14.3. The summed E-state index contributed by atoms with van der Waals surface area (Å²) in [6, 6.07) is 6.43. The van der Waals surface area contributed by atoms with Gasteiger partial charge in [-0.2, -0.15) is 0 Å². The monoisotopic (exact) mass is 321 g/mol. The van der Waals surface area contributed by atoms with Crippen LogP contribution in [0.3, 0.4) is 0 Å². The molecule has 23 heavy (non-hydrogen) atoms. The second kappa shape index (κ2) is 7.41. The van der Waals surface area contributed by atoms with Crippen LogP contribution < -0.4 is 11.1 Å². The molecule has 0 spiro atoms. The lowest BCUT2D eigenvalue weighted by Gasteiger charge is -2.37. The maximum atomic E-state index is 13.1. The maximum Gasteiger partial charge on any atom is 0.225 e. The number of rotatable bonds is 5. The van der Waals surface area contributed by atoms with Gasteiger partial charge in [0.05, 0.1) is 12.0 Å². The largest absolute Gasteiger partial charge is 0.354 e. The third-order valence-corrected chi connectivity index (χ3v) is 4.92. The van der Waals surface area contributed by atoms with Crippen LogP contribution >= 0.6 is 0 Å². The van der Waals surface area contributed by atoms with Crippen molar-refractivity contribution in [3.63, 3.8) is 0 Å². The minimum Gasteiger partial charge on any atom is -0.354 e. The lowest BCUT2D eigenvalue weighted by atomic mass is 9.74. The Hall–Kier alpha value is -1.46. The summed E-state index contributed by atoms with van der Waals surface area (Å²) < 4.78 is 13.1. The Bertz CT molecular complexity index is 528. The molecule has 0 heterocycles. The summed E-state index contributed by atoms with van der Waals surface area (Å²) in [5.41, 5.74) is 6.86. The van der Waals surface area contributed by atoms with Crippen LogP contribution in [0.4, 0.5) is 4.39 Å². The zero-order valence-corrected chi connectivity index (χ0v) is 14.3. The molecule has 1 aliphatic carbocycles. The number of nitrogens with one attached hydrogen (secondary N) is 1. The van der Waals surface area contributed by atoms with Gasteiger partial charge < -0.3 is 16.0 Å². The molecule has 0 bridgehead atoms. The summed E-state index contributed by atoms with van der Waals surface area (Å²) in [5, 5.41) is 3.05. The molecular formula is C18H28FN3O. The average molecular weight is 321 g/mol. The van der Waals surface area contributed by atoms with E-state index in [1.54, 1.807) is 12.1 Å². The molecule has 3 atom stereocenters. The van der Waals surface area contributed by atoms with Crippen LogP contribution in [0.15, 0.2) is 24.3 Å². The zero-order chi connectivity index (χ0) is 17.0. The molecule has 3 unspecified atom stereocenters. The number of nitrogens with two attached hydrogens (primary N) is 1. The van der Waals surface area contributed by atoms with Gasteiger partial charge in [-0.1, -0.05) is 25.0 Å². The van der Waals surface area contributed by atoms with Crippen molar-refractivity contribution in [2.24, 2.45) is 11.7 Å². The molecule has 1 amide bonds. The number of halogens is 1. The van der Waals surface area contributed by atoms with E-state index in [4.69, 9.17) is 5.73 Å². The number of nitrogens with zero attached hydrogens (tertiary/aromatic N) is 1. The summed E-state index contributed by atoms with van der Waals surface area (Å²) in [7, 11) is 3.90. The predicted octanol–water partition coefficient (Wildman–Crippen LogP) is 2.45. The highest BCUT2D eigenvalue weighted by atomic mass is 19.1. The molecule has 1 aromatic rings. The van der Waals surface area contributed by atoms with Gasteiger partial charge in [0, 0.05) is 12.1 Å². The van der Waals surface area contributed by atoms with Crippen molar-refractivity contribution in [1.82, 2.24) is 10.2 Å². The van der Waals surface area contributed by atoms with Crippen LogP contribution in [0.1, 0.15) is 44.2 Å². The molecule has 3 N–H and O–H groups in total. The lowest BCUT2D eigenvalue weighted by molar-refractivity contribution is -0.128. The summed E-state index contributed by atoms with van der Waals surface area (Å²) in [5.74, 6) is -0.354. The van der Waals surface area contributed by atoms with Gasteiger partial charge in [-0.05, 0) is 51.6 Å². The van der Waals surface area contributed by atoms with Crippen molar-refractivity contribution in [3.05, 3.63) is 35.6 Å². The van der Waals surface area contributed by atoms with Gasteiger partial charge in [0.15, 0.2) is 0 Å². The Morgan fingerprint density at radius 2 is 2.04 bits per heavy atom. The van der Waals surface area contributed by atoms with Gasteiger partial charge in [-0.3, -0.25) is 4.79 Å². The normalized spacial score (nSPS) is 26.1. The molecule has 4 nitrogen and oxygen atoms in total. The number of benzene rings is 1. The van der Waals surface area contributed by atoms with E-state index in [1.807, 2.05) is 25.9 Å². The highest BCUT2D eigenvalue weighted by molar-refractivity contribution is 5.80. The molecular weight excluding hydrogens is 293 g/mol. The highest BCUT2D eigenvalue weighted by Gasteiger charge is 2.37. The second-order valence-corrected chi connectivity index (χ2v) is 7.08.